The third kappa shape index (κ3) is 7.12. The van der Waals surface area contributed by atoms with Crippen molar-refractivity contribution < 1.29 is 28.3 Å². The minimum Gasteiger partial charge on any atom is -0.459 e. The number of esters is 2. The minimum atomic E-state index is -0.658. The molecule has 1 N–H and O–H groups in total. The molecule has 0 aliphatic rings. The van der Waals surface area contributed by atoms with Crippen LogP contribution in [0.2, 0.25) is 0 Å². The van der Waals surface area contributed by atoms with Crippen LogP contribution >= 0.6 is 15.9 Å². The van der Waals surface area contributed by atoms with Crippen LogP contribution in [0.4, 0.5) is 0 Å². The van der Waals surface area contributed by atoms with E-state index in [1.165, 1.54) is 30.7 Å². The number of nitrogens with zero attached hydrogens (tertiary/aromatic N) is 1. The van der Waals surface area contributed by atoms with E-state index in [1.807, 2.05) is 0 Å². The number of halogens is 1. The van der Waals surface area contributed by atoms with Gasteiger partial charge in [-0.15, -0.1) is 0 Å². The lowest BCUT2D eigenvalue weighted by molar-refractivity contribution is -0.128. The fraction of sp³-hybridized carbons (Fsp3) is 0. The lowest BCUT2D eigenvalue weighted by Gasteiger charge is -2.08. The van der Waals surface area contributed by atoms with E-state index in [-0.39, 0.29) is 11.5 Å². The van der Waals surface area contributed by atoms with Gasteiger partial charge < -0.3 is 13.9 Å². The molecule has 4 rings (SSSR count). The second-order valence-electron chi connectivity index (χ2n) is 7.40. The highest BCUT2D eigenvalue weighted by molar-refractivity contribution is 9.10. The van der Waals surface area contributed by atoms with E-state index in [2.05, 4.69) is 26.5 Å². The van der Waals surface area contributed by atoms with Crippen LogP contribution in [-0.2, 0) is 4.79 Å². The van der Waals surface area contributed by atoms with Crippen molar-refractivity contribution in [3.05, 3.63) is 124 Å². The summed E-state index contributed by atoms with van der Waals surface area (Å²) in [6.07, 6.45) is 5.45. The van der Waals surface area contributed by atoms with Crippen LogP contribution in [0.5, 0.6) is 11.5 Å². The highest BCUT2D eigenvalue weighted by Gasteiger charge is 2.12. The number of carbonyl (C=O) groups excluding carboxylic acids is 3. The predicted molar refractivity (Wildman–Crippen MR) is 140 cm³/mol. The molecule has 37 heavy (non-hydrogen) atoms. The number of benzene rings is 3. The van der Waals surface area contributed by atoms with Gasteiger partial charge in [-0.25, -0.2) is 15.0 Å². The number of rotatable bonds is 8. The average Bonchev–Trinajstić information content (AvgIpc) is 3.45. The smallest absolute Gasteiger partial charge is 0.343 e. The fourth-order valence-electron chi connectivity index (χ4n) is 3.06. The van der Waals surface area contributed by atoms with Crippen molar-refractivity contribution in [2.24, 2.45) is 5.10 Å². The number of hydrogen-bond donors (Lipinski definition) is 1. The van der Waals surface area contributed by atoms with Gasteiger partial charge in [0.15, 0.2) is 5.76 Å². The summed E-state index contributed by atoms with van der Waals surface area (Å²) in [6, 6.07) is 23.4. The summed E-state index contributed by atoms with van der Waals surface area (Å²) < 4.78 is 16.8. The third-order valence-corrected chi connectivity index (χ3v) is 5.37. The van der Waals surface area contributed by atoms with Gasteiger partial charge in [-0.3, -0.25) is 4.79 Å². The molecule has 0 aliphatic carbocycles. The topological polar surface area (TPSA) is 107 Å². The number of furan rings is 1. The standard InChI is InChI=1S/C28H19BrN2O6/c29-22-14-11-20(12-15-22)28(34)37-23-8-3-1-6-19(23)13-16-26(32)36-24-9-4-2-7-21(24)18-30-31-27(33)25-10-5-17-35-25/h1-18H,(H,31,33)/b16-13+,30-18+. The van der Waals surface area contributed by atoms with Crippen molar-refractivity contribution >= 4 is 46.1 Å². The Morgan fingerprint density at radius 1 is 0.811 bits per heavy atom. The summed E-state index contributed by atoms with van der Waals surface area (Å²) in [6.45, 7) is 0. The maximum Gasteiger partial charge on any atom is 0.343 e. The van der Waals surface area contributed by atoms with E-state index in [4.69, 9.17) is 13.9 Å². The Balaban J connectivity index is 1.41. The molecule has 8 nitrogen and oxygen atoms in total. The first-order valence-corrected chi connectivity index (χ1v) is 11.7. The molecule has 0 aliphatic heterocycles. The molecule has 1 aromatic heterocycles. The van der Waals surface area contributed by atoms with Crippen molar-refractivity contribution in [3.63, 3.8) is 0 Å². The fourth-order valence-corrected chi connectivity index (χ4v) is 3.32. The zero-order valence-corrected chi connectivity index (χ0v) is 20.8. The van der Waals surface area contributed by atoms with Gasteiger partial charge in [-0.2, -0.15) is 5.10 Å². The highest BCUT2D eigenvalue weighted by atomic mass is 79.9. The molecule has 4 aromatic rings. The number of hydrogen-bond acceptors (Lipinski definition) is 7. The van der Waals surface area contributed by atoms with Gasteiger partial charge in [-0.1, -0.05) is 46.3 Å². The zero-order valence-electron chi connectivity index (χ0n) is 19.2. The molecule has 0 atom stereocenters. The molecular weight excluding hydrogens is 540 g/mol. The van der Waals surface area contributed by atoms with Crippen LogP contribution in [-0.4, -0.2) is 24.1 Å². The first-order chi connectivity index (χ1) is 18.0. The summed E-state index contributed by atoms with van der Waals surface area (Å²) >= 11 is 3.33. The van der Waals surface area contributed by atoms with Crippen LogP contribution in [0.15, 0.2) is 111 Å². The van der Waals surface area contributed by atoms with Crippen molar-refractivity contribution in [3.8, 4) is 11.5 Å². The molecule has 1 amide bonds. The van der Waals surface area contributed by atoms with Crippen LogP contribution in [0.25, 0.3) is 6.08 Å². The Hall–Kier alpha value is -4.76. The minimum absolute atomic E-state index is 0.116. The van der Waals surface area contributed by atoms with Crippen molar-refractivity contribution in [1.29, 1.82) is 0 Å². The van der Waals surface area contributed by atoms with E-state index in [9.17, 15) is 14.4 Å². The Bertz CT molecular complexity index is 1460. The Morgan fingerprint density at radius 2 is 1.49 bits per heavy atom. The molecule has 0 spiro atoms. The first-order valence-electron chi connectivity index (χ1n) is 10.9. The number of ether oxygens (including phenoxy) is 2. The number of amides is 1. The summed E-state index contributed by atoms with van der Waals surface area (Å²) in [5, 5.41) is 3.88. The van der Waals surface area contributed by atoms with Crippen LogP contribution in [0, 0.1) is 0 Å². The van der Waals surface area contributed by atoms with E-state index >= 15 is 0 Å². The van der Waals surface area contributed by atoms with Crippen LogP contribution < -0.4 is 14.9 Å². The molecular formula is C28H19BrN2O6. The number of hydrazone groups is 1. The molecule has 0 fully saturated rings. The Morgan fingerprint density at radius 3 is 2.19 bits per heavy atom. The lowest BCUT2D eigenvalue weighted by atomic mass is 10.2. The molecule has 1 heterocycles. The molecule has 3 aromatic carbocycles. The van der Waals surface area contributed by atoms with Gasteiger partial charge in [0.2, 0.25) is 0 Å². The Kier molecular flexibility index (Phi) is 8.41. The Labute approximate surface area is 220 Å². The van der Waals surface area contributed by atoms with E-state index in [0.717, 1.165) is 4.47 Å². The normalized spacial score (nSPS) is 10.9. The van der Waals surface area contributed by atoms with Gasteiger partial charge >= 0.3 is 17.8 Å². The van der Waals surface area contributed by atoms with Crippen LogP contribution in [0.3, 0.4) is 0 Å². The largest absolute Gasteiger partial charge is 0.459 e. The highest BCUT2D eigenvalue weighted by Crippen LogP contribution is 2.22. The SMILES string of the molecule is O=C(/C=C/c1ccccc1OC(=O)c1ccc(Br)cc1)Oc1ccccc1/C=N/NC(=O)c1ccco1. The van der Waals surface area contributed by atoms with Gasteiger partial charge in [0, 0.05) is 21.7 Å². The monoisotopic (exact) mass is 558 g/mol. The first kappa shape index (κ1) is 25.3. The van der Waals surface area contributed by atoms with Gasteiger partial charge in [0.05, 0.1) is 18.0 Å². The molecule has 0 saturated carbocycles. The molecule has 9 heteroatoms. The maximum absolute atomic E-state index is 12.5. The van der Waals surface area contributed by atoms with Crippen molar-refractivity contribution in [2.45, 2.75) is 0 Å². The predicted octanol–water partition coefficient (Wildman–Crippen LogP) is 5.64. The molecule has 184 valence electrons. The molecule has 0 bridgehead atoms. The summed E-state index contributed by atoms with van der Waals surface area (Å²) in [5.41, 5.74) is 3.70. The van der Waals surface area contributed by atoms with Gasteiger partial charge in [0.1, 0.15) is 11.5 Å². The second-order valence-corrected chi connectivity index (χ2v) is 8.32. The summed E-state index contributed by atoms with van der Waals surface area (Å²) in [4.78, 5) is 36.9. The maximum atomic E-state index is 12.5. The third-order valence-electron chi connectivity index (χ3n) is 4.84. The van der Waals surface area contributed by atoms with E-state index in [0.29, 0.717) is 22.4 Å². The van der Waals surface area contributed by atoms with Crippen molar-refractivity contribution in [2.75, 3.05) is 0 Å². The number of carbonyl (C=O) groups is 3. The van der Waals surface area contributed by atoms with Gasteiger partial charge in [-0.05, 0) is 60.7 Å². The quantitative estimate of drug-likeness (QED) is 0.0984. The summed E-state index contributed by atoms with van der Waals surface area (Å²) in [7, 11) is 0. The summed E-state index contributed by atoms with van der Waals surface area (Å²) in [5.74, 6) is -1.05. The lowest BCUT2D eigenvalue weighted by Crippen LogP contribution is -2.16. The zero-order chi connectivity index (χ0) is 26.0. The van der Waals surface area contributed by atoms with Gasteiger partial charge in [0.25, 0.3) is 0 Å². The molecule has 0 radical (unpaired) electrons. The number of nitrogens with one attached hydrogen (secondary N) is 1. The van der Waals surface area contributed by atoms with E-state index < -0.39 is 17.8 Å². The van der Waals surface area contributed by atoms with Crippen molar-refractivity contribution in [1.82, 2.24) is 5.43 Å². The molecule has 0 unspecified atom stereocenters. The second kappa shape index (κ2) is 12.3. The molecule has 0 saturated heterocycles. The van der Waals surface area contributed by atoms with Crippen LogP contribution in [0.1, 0.15) is 32.0 Å². The average molecular weight is 559 g/mol. The number of para-hydroxylation sites is 2. The van der Waals surface area contributed by atoms with E-state index in [1.54, 1.807) is 78.9 Å².